The zero-order chi connectivity index (χ0) is 77.1. The van der Waals surface area contributed by atoms with Crippen LogP contribution in [0.4, 0.5) is 0 Å². The van der Waals surface area contributed by atoms with E-state index in [9.17, 15) is 43.2 Å². The molecule has 3 N–H and O–H groups in total. The number of aliphatic hydroxyl groups is 1. The molecule has 2 unspecified atom stereocenters. The summed E-state index contributed by atoms with van der Waals surface area (Å²) in [5.74, 6) is -0.622. The number of esters is 4. The van der Waals surface area contributed by atoms with Crippen LogP contribution in [0, 0.1) is 11.8 Å². The molecule has 0 aliphatic carbocycles. The maximum Gasteiger partial charge on any atom is 0.472 e. The van der Waals surface area contributed by atoms with Gasteiger partial charge in [0.25, 0.3) is 0 Å². The Morgan fingerprint density at radius 2 is 0.514 bits per heavy atom. The summed E-state index contributed by atoms with van der Waals surface area (Å²) in [5, 5.41) is 10.7. The van der Waals surface area contributed by atoms with E-state index in [1.807, 2.05) is 0 Å². The SMILES string of the molecule is CCCCCC/C=C\C=C/CCCCCCCC(=O)O[C@H](COC(=O)CCCCCCCCCC(C)C)COP(=O)(O)OC[C@H](O)COP(=O)(O)OC[C@@H](COC(=O)CCCCCCCCCCCCCCCCCCC(C)C)OC(=O)CCCCCCCCCCCCCCCCCCCCCCC. The number of unbranched alkanes of at least 4 members (excludes halogenated alkanes) is 50. The smallest absolute Gasteiger partial charge is 0.462 e. The Hall–Kier alpha value is -2.46. The average Bonchev–Trinajstić information content (AvgIpc) is 0.959. The van der Waals surface area contributed by atoms with Crippen LogP contribution in [0.15, 0.2) is 24.3 Å². The van der Waals surface area contributed by atoms with E-state index in [1.54, 1.807) is 0 Å². The number of hydrogen-bond acceptors (Lipinski definition) is 15. The first-order valence-corrected chi connectivity index (χ1v) is 46.8. The second-order valence-corrected chi connectivity index (χ2v) is 34.1. The molecule has 0 radical (unpaired) electrons. The highest BCUT2D eigenvalue weighted by atomic mass is 31.2. The van der Waals surface area contributed by atoms with Gasteiger partial charge in [-0.3, -0.25) is 37.3 Å². The van der Waals surface area contributed by atoms with Gasteiger partial charge in [0.05, 0.1) is 26.4 Å². The van der Waals surface area contributed by atoms with Gasteiger partial charge < -0.3 is 33.8 Å². The van der Waals surface area contributed by atoms with Gasteiger partial charge in [0.1, 0.15) is 19.3 Å². The van der Waals surface area contributed by atoms with E-state index in [0.717, 1.165) is 115 Å². The van der Waals surface area contributed by atoms with Gasteiger partial charge in [0.15, 0.2) is 12.2 Å². The standard InChI is InChI=1S/C86H164O17P2/c1-7-9-11-13-15-17-19-21-23-24-25-26-27-28-34-38-42-46-52-59-65-71-85(90)102-81(74-96-83(88)68-62-56-50-44-40-36-33-30-29-32-35-39-43-48-54-60-66-78(3)4)76-100-104(92,93)98-72-80(87)73-99-105(94,95)101-77-82(75-97-84(89)69-63-57-53-47-49-55-61-67-79(5)6)103-86(91)70-64-58-51-45-41-37-31-22-20-18-16-14-12-10-8-2/h18,20,22,31,78-82,87H,7-17,19,21,23-30,32-77H2,1-6H3,(H,92,93)(H,94,95)/b20-18-,31-22-/t80-,81-,82-/m1/s1. The molecule has 0 aromatic rings. The van der Waals surface area contributed by atoms with Crippen LogP contribution in [0.5, 0.6) is 0 Å². The summed E-state index contributed by atoms with van der Waals surface area (Å²) in [6.45, 7) is 9.57. The van der Waals surface area contributed by atoms with Crippen LogP contribution in [0.2, 0.25) is 0 Å². The Morgan fingerprint density at radius 1 is 0.295 bits per heavy atom. The second-order valence-electron chi connectivity index (χ2n) is 31.2. The van der Waals surface area contributed by atoms with Crippen molar-refractivity contribution in [3.8, 4) is 0 Å². The Labute approximate surface area is 643 Å². The van der Waals surface area contributed by atoms with Crippen molar-refractivity contribution >= 4 is 39.5 Å². The maximum atomic E-state index is 13.1. The van der Waals surface area contributed by atoms with Gasteiger partial charge in [-0.05, 0) is 63.2 Å². The molecule has 0 aliphatic heterocycles. The number of ether oxygens (including phenoxy) is 4. The van der Waals surface area contributed by atoms with Crippen LogP contribution in [-0.4, -0.2) is 96.7 Å². The molecule has 0 rings (SSSR count). The third kappa shape index (κ3) is 79.4. The number of phosphoric ester groups is 2. The molecular formula is C86H164O17P2. The summed E-state index contributed by atoms with van der Waals surface area (Å²) in [6, 6.07) is 0. The van der Waals surface area contributed by atoms with Crippen LogP contribution < -0.4 is 0 Å². The highest BCUT2D eigenvalue weighted by molar-refractivity contribution is 7.47. The summed E-state index contributed by atoms with van der Waals surface area (Å²) in [7, 11) is -9.94. The van der Waals surface area contributed by atoms with E-state index in [1.165, 1.54) is 231 Å². The van der Waals surface area contributed by atoms with Gasteiger partial charge in [-0.25, -0.2) is 9.13 Å². The minimum absolute atomic E-state index is 0.0845. The zero-order valence-electron chi connectivity index (χ0n) is 68.5. The van der Waals surface area contributed by atoms with Crippen molar-refractivity contribution in [1.29, 1.82) is 0 Å². The van der Waals surface area contributed by atoms with Crippen LogP contribution in [-0.2, 0) is 65.4 Å². The summed E-state index contributed by atoms with van der Waals surface area (Å²) in [4.78, 5) is 73.2. The number of rotatable bonds is 83. The number of phosphoric acid groups is 2. The van der Waals surface area contributed by atoms with Crippen molar-refractivity contribution in [1.82, 2.24) is 0 Å². The van der Waals surface area contributed by atoms with Crippen LogP contribution >= 0.6 is 15.6 Å². The van der Waals surface area contributed by atoms with E-state index >= 15 is 0 Å². The fourth-order valence-corrected chi connectivity index (χ4v) is 14.5. The minimum atomic E-state index is -4.97. The molecule has 0 aromatic carbocycles. The minimum Gasteiger partial charge on any atom is -0.462 e. The molecule has 0 aromatic heterocycles. The fraction of sp³-hybridized carbons (Fsp3) is 0.907. The van der Waals surface area contributed by atoms with Crippen LogP contribution in [0.25, 0.3) is 0 Å². The highest BCUT2D eigenvalue weighted by Crippen LogP contribution is 2.45. The van der Waals surface area contributed by atoms with Crippen LogP contribution in [0.3, 0.4) is 0 Å². The van der Waals surface area contributed by atoms with Gasteiger partial charge in [-0.2, -0.15) is 0 Å². The van der Waals surface area contributed by atoms with Crippen molar-refractivity contribution in [2.24, 2.45) is 11.8 Å². The molecule has 105 heavy (non-hydrogen) atoms. The van der Waals surface area contributed by atoms with E-state index in [0.29, 0.717) is 31.6 Å². The van der Waals surface area contributed by atoms with E-state index in [-0.39, 0.29) is 25.7 Å². The van der Waals surface area contributed by atoms with Gasteiger partial charge >= 0.3 is 39.5 Å². The van der Waals surface area contributed by atoms with Crippen LogP contribution in [0.1, 0.15) is 433 Å². The molecule has 0 fully saturated rings. The summed E-state index contributed by atoms with van der Waals surface area (Å²) in [5.41, 5.74) is 0. The topological polar surface area (TPSA) is 237 Å². The lowest BCUT2D eigenvalue weighted by molar-refractivity contribution is -0.161. The van der Waals surface area contributed by atoms with Gasteiger partial charge in [-0.15, -0.1) is 0 Å². The predicted octanol–water partition coefficient (Wildman–Crippen LogP) is 25.8. The molecule has 0 saturated heterocycles. The largest absolute Gasteiger partial charge is 0.472 e. The molecule has 19 heteroatoms. The third-order valence-corrected chi connectivity index (χ3v) is 21.5. The first-order chi connectivity index (χ1) is 50.9. The van der Waals surface area contributed by atoms with Gasteiger partial charge in [0, 0.05) is 25.7 Å². The molecule has 0 bridgehead atoms. The lowest BCUT2D eigenvalue weighted by Gasteiger charge is -2.21. The van der Waals surface area contributed by atoms with E-state index in [4.69, 9.17) is 37.0 Å². The number of aliphatic hydroxyl groups excluding tert-OH is 1. The lowest BCUT2D eigenvalue weighted by atomic mass is 10.0. The van der Waals surface area contributed by atoms with Crippen molar-refractivity contribution in [2.45, 2.75) is 452 Å². The molecule has 0 heterocycles. The zero-order valence-corrected chi connectivity index (χ0v) is 70.3. The average molecular weight is 1530 g/mol. The second kappa shape index (κ2) is 76.9. The molecule has 0 saturated carbocycles. The van der Waals surface area contributed by atoms with Crippen molar-refractivity contribution in [2.75, 3.05) is 39.6 Å². The molecular weight excluding hydrogens is 1370 g/mol. The third-order valence-electron chi connectivity index (χ3n) is 19.6. The Balaban J connectivity index is 5.25. The monoisotopic (exact) mass is 1530 g/mol. The summed E-state index contributed by atoms with van der Waals surface area (Å²) >= 11 is 0. The highest BCUT2D eigenvalue weighted by Gasteiger charge is 2.30. The molecule has 620 valence electrons. The number of hydrogen-bond donors (Lipinski definition) is 3. The Bertz CT molecular complexity index is 2110. The Kier molecular flexibility index (Phi) is 75.1. The molecule has 0 amide bonds. The van der Waals surface area contributed by atoms with E-state index < -0.39 is 97.5 Å². The summed E-state index contributed by atoms with van der Waals surface area (Å²) < 4.78 is 68.8. The first-order valence-electron chi connectivity index (χ1n) is 43.8. The number of carbonyl (C=O) groups is 4. The first kappa shape index (κ1) is 103. The molecule has 5 atom stereocenters. The maximum absolute atomic E-state index is 13.1. The van der Waals surface area contributed by atoms with Gasteiger partial charge in [-0.1, -0.05) is 380 Å². The van der Waals surface area contributed by atoms with E-state index in [2.05, 4.69) is 65.8 Å². The molecule has 0 spiro atoms. The number of carbonyl (C=O) groups excluding carboxylic acids is 4. The summed E-state index contributed by atoms with van der Waals surface area (Å²) in [6.07, 6.45) is 71.8. The normalized spacial score (nSPS) is 14.0. The van der Waals surface area contributed by atoms with Gasteiger partial charge in [0.2, 0.25) is 0 Å². The molecule has 0 aliphatic rings. The fourth-order valence-electron chi connectivity index (χ4n) is 12.9. The molecule has 17 nitrogen and oxygen atoms in total. The van der Waals surface area contributed by atoms with Crippen molar-refractivity contribution in [3.05, 3.63) is 24.3 Å². The number of allylic oxidation sites excluding steroid dienone is 4. The van der Waals surface area contributed by atoms with Crippen molar-refractivity contribution in [3.63, 3.8) is 0 Å². The quantitative estimate of drug-likeness (QED) is 0.0169. The Morgan fingerprint density at radius 3 is 0.781 bits per heavy atom. The lowest BCUT2D eigenvalue weighted by Crippen LogP contribution is -2.30. The van der Waals surface area contributed by atoms with Crippen molar-refractivity contribution < 1.29 is 80.2 Å². The predicted molar refractivity (Wildman–Crippen MR) is 432 cm³/mol.